The highest BCUT2D eigenvalue weighted by molar-refractivity contribution is 5.85. The summed E-state index contributed by atoms with van der Waals surface area (Å²) in [5.41, 5.74) is 6.83. The molecule has 23 heavy (non-hydrogen) atoms. The van der Waals surface area contributed by atoms with Gasteiger partial charge in [-0.3, -0.25) is 4.79 Å². The monoisotopic (exact) mass is 342 g/mol. The minimum Gasteiger partial charge on any atom is -0.497 e. The molecule has 1 aliphatic heterocycles. The Labute approximate surface area is 144 Å². The van der Waals surface area contributed by atoms with E-state index in [0.29, 0.717) is 19.4 Å². The fourth-order valence-corrected chi connectivity index (χ4v) is 2.98. The fraction of sp³-hybridized carbons (Fsp3) is 0.588. The molecule has 0 aromatic heterocycles. The topological polar surface area (TPSA) is 64.8 Å². The summed E-state index contributed by atoms with van der Waals surface area (Å²) in [6.07, 6.45) is 4.44. The maximum absolute atomic E-state index is 12.5. The van der Waals surface area contributed by atoms with Crippen LogP contribution in [0.2, 0.25) is 0 Å². The zero-order valence-corrected chi connectivity index (χ0v) is 14.7. The number of halogens is 1. The molecule has 0 saturated carbocycles. The van der Waals surface area contributed by atoms with E-state index in [1.165, 1.54) is 6.42 Å². The van der Waals surface area contributed by atoms with Crippen LogP contribution in [0.3, 0.4) is 0 Å². The number of amides is 1. The summed E-state index contributed by atoms with van der Waals surface area (Å²) in [6.45, 7) is 1.39. The van der Waals surface area contributed by atoms with Crippen molar-refractivity contribution in [2.24, 2.45) is 5.73 Å². The number of nitrogens with zero attached hydrogens (tertiary/aromatic N) is 1. The number of piperidine rings is 1. The average Bonchev–Trinajstić information content (AvgIpc) is 2.59. The molecule has 0 aliphatic carbocycles. The number of carbonyl (C=O) groups is 1. The molecule has 1 unspecified atom stereocenters. The van der Waals surface area contributed by atoms with Gasteiger partial charge in [0.25, 0.3) is 0 Å². The van der Waals surface area contributed by atoms with Crippen LogP contribution in [0.4, 0.5) is 0 Å². The number of hydrogen-bond acceptors (Lipinski definition) is 4. The minimum atomic E-state index is 0. The molecule has 1 aromatic carbocycles. The van der Waals surface area contributed by atoms with E-state index in [2.05, 4.69) is 0 Å². The van der Waals surface area contributed by atoms with Gasteiger partial charge >= 0.3 is 0 Å². The highest BCUT2D eigenvalue weighted by atomic mass is 35.5. The van der Waals surface area contributed by atoms with E-state index in [1.807, 2.05) is 23.1 Å². The molecular weight excluding hydrogens is 316 g/mol. The Morgan fingerprint density at radius 3 is 2.43 bits per heavy atom. The van der Waals surface area contributed by atoms with E-state index in [0.717, 1.165) is 36.4 Å². The van der Waals surface area contributed by atoms with Gasteiger partial charge < -0.3 is 20.1 Å². The highest BCUT2D eigenvalue weighted by Crippen LogP contribution is 2.24. The van der Waals surface area contributed by atoms with Crippen LogP contribution in [0, 0.1) is 0 Å². The number of ether oxygens (including phenoxy) is 2. The molecule has 1 amide bonds. The summed E-state index contributed by atoms with van der Waals surface area (Å²) >= 11 is 0. The summed E-state index contributed by atoms with van der Waals surface area (Å²) in [5, 5.41) is 0. The van der Waals surface area contributed by atoms with E-state index in [-0.39, 0.29) is 24.4 Å². The quantitative estimate of drug-likeness (QED) is 0.862. The number of hydrogen-bond donors (Lipinski definition) is 1. The Hall–Kier alpha value is -1.46. The maximum atomic E-state index is 12.5. The maximum Gasteiger partial charge on any atom is 0.223 e. The van der Waals surface area contributed by atoms with Crippen LogP contribution in [0.1, 0.15) is 31.2 Å². The van der Waals surface area contributed by atoms with Crippen LogP contribution in [-0.2, 0) is 11.2 Å². The van der Waals surface area contributed by atoms with Crippen molar-refractivity contribution in [2.45, 2.75) is 38.1 Å². The van der Waals surface area contributed by atoms with E-state index >= 15 is 0 Å². The Bertz CT molecular complexity index is 488. The second-order valence-electron chi connectivity index (χ2n) is 5.69. The first-order valence-corrected chi connectivity index (χ1v) is 7.89. The van der Waals surface area contributed by atoms with Crippen LogP contribution >= 0.6 is 12.4 Å². The van der Waals surface area contributed by atoms with Gasteiger partial charge in [-0.15, -0.1) is 12.4 Å². The van der Waals surface area contributed by atoms with Crippen LogP contribution in [0.5, 0.6) is 11.5 Å². The molecule has 1 aliphatic rings. The molecule has 1 fully saturated rings. The first-order chi connectivity index (χ1) is 10.7. The normalized spacial score (nSPS) is 17.3. The van der Waals surface area contributed by atoms with Crippen LogP contribution < -0.4 is 15.2 Å². The summed E-state index contributed by atoms with van der Waals surface area (Å²) in [5.74, 6) is 1.69. The van der Waals surface area contributed by atoms with Gasteiger partial charge in [0.15, 0.2) is 0 Å². The third-order valence-electron chi connectivity index (χ3n) is 4.26. The molecule has 1 atom stereocenters. The molecule has 5 nitrogen and oxygen atoms in total. The fourth-order valence-electron chi connectivity index (χ4n) is 2.98. The summed E-state index contributed by atoms with van der Waals surface area (Å²) in [7, 11) is 3.26. The number of rotatable bonds is 6. The van der Waals surface area contributed by atoms with Crippen LogP contribution in [-0.4, -0.2) is 44.2 Å². The zero-order chi connectivity index (χ0) is 15.9. The van der Waals surface area contributed by atoms with Gasteiger partial charge in [-0.25, -0.2) is 0 Å². The van der Waals surface area contributed by atoms with E-state index < -0.39 is 0 Å². The van der Waals surface area contributed by atoms with Gasteiger partial charge in [-0.05, 0) is 43.4 Å². The van der Waals surface area contributed by atoms with Crippen molar-refractivity contribution in [1.29, 1.82) is 0 Å². The molecule has 1 aromatic rings. The van der Waals surface area contributed by atoms with E-state index in [9.17, 15) is 4.79 Å². The van der Waals surface area contributed by atoms with Crippen molar-refractivity contribution in [1.82, 2.24) is 4.90 Å². The third-order valence-corrected chi connectivity index (χ3v) is 4.26. The SMILES string of the molecule is COc1cc(CCC(=O)N2CCCCC2CN)cc(OC)c1.Cl. The van der Waals surface area contributed by atoms with E-state index in [1.54, 1.807) is 14.2 Å². The first kappa shape index (κ1) is 19.6. The lowest BCUT2D eigenvalue weighted by Crippen LogP contribution is -2.47. The first-order valence-electron chi connectivity index (χ1n) is 7.89. The number of carbonyl (C=O) groups excluding carboxylic acids is 1. The number of likely N-dealkylation sites (tertiary alicyclic amines) is 1. The molecule has 2 N–H and O–H groups in total. The van der Waals surface area contributed by atoms with E-state index in [4.69, 9.17) is 15.2 Å². The van der Waals surface area contributed by atoms with Gasteiger partial charge in [0.05, 0.1) is 14.2 Å². The molecule has 1 saturated heterocycles. The molecule has 2 rings (SSSR count). The predicted octanol–water partition coefficient (Wildman–Crippen LogP) is 2.40. The summed E-state index contributed by atoms with van der Waals surface area (Å²) in [6, 6.07) is 5.94. The van der Waals surface area contributed by atoms with Crippen molar-refractivity contribution >= 4 is 18.3 Å². The smallest absolute Gasteiger partial charge is 0.223 e. The van der Waals surface area contributed by atoms with Crippen molar-refractivity contribution in [2.75, 3.05) is 27.3 Å². The third kappa shape index (κ3) is 5.29. The van der Waals surface area contributed by atoms with Crippen molar-refractivity contribution in [3.8, 4) is 11.5 Å². The molecule has 1 heterocycles. The van der Waals surface area contributed by atoms with Gasteiger partial charge in [0.1, 0.15) is 11.5 Å². The molecule has 0 bridgehead atoms. The second kappa shape index (κ2) is 9.63. The number of nitrogens with two attached hydrogens (primary N) is 1. The Kier molecular flexibility index (Phi) is 8.20. The zero-order valence-electron chi connectivity index (χ0n) is 13.9. The lowest BCUT2D eigenvalue weighted by atomic mass is 10.0. The molecule has 130 valence electrons. The summed E-state index contributed by atoms with van der Waals surface area (Å²) < 4.78 is 10.5. The van der Waals surface area contributed by atoms with Crippen molar-refractivity contribution in [3.63, 3.8) is 0 Å². The highest BCUT2D eigenvalue weighted by Gasteiger charge is 2.25. The number of aryl methyl sites for hydroxylation is 1. The summed E-state index contributed by atoms with van der Waals surface area (Å²) in [4.78, 5) is 14.4. The Morgan fingerprint density at radius 2 is 1.87 bits per heavy atom. The molecule has 6 heteroatoms. The lowest BCUT2D eigenvalue weighted by Gasteiger charge is -2.35. The van der Waals surface area contributed by atoms with Gasteiger partial charge in [0, 0.05) is 31.6 Å². The van der Waals surface area contributed by atoms with Gasteiger partial charge in [0.2, 0.25) is 5.91 Å². The van der Waals surface area contributed by atoms with Crippen molar-refractivity contribution in [3.05, 3.63) is 23.8 Å². The molecule has 0 radical (unpaired) electrons. The molecule has 0 spiro atoms. The Morgan fingerprint density at radius 1 is 1.22 bits per heavy atom. The standard InChI is InChI=1S/C17H26N2O3.ClH/c1-21-15-9-13(10-16(11-15)22-2)6-7-17(20)19-8-4-3-5-14(19)12-18;/h9-11,14H,3-8,12,18H2,1-2H3;1H. The van der Waals surface area contributed by atoms with Gasteiger partial charge in [-0.1, -0.05) is 0 Å². The second-order valence-corrected chi connectivity index (χ2v) is 5.69. The predicted molar refractivity (Wildman–Crippen MR) is 93.5 cm³/mol. The Balaban J connectivity index is 0.00000264. The lowest BCUT2D eigenvalue weighted by molar-refractivity contribution is -0.134. The molecular formula is C17H27ClN2O3. The van der Waals surface area contributed by atoms with Crippen LogP contribution in [0.15, 0.2) is 18.2 Å². The minimum absolute atomic E-state index is 0. The van der Waals surface area contributed by atoms with Crippen LogP contribution in [0.25, 0.3) is 0 Å². The largest absolute Gasteiger partial charge is 0.497 e. The van der Waals surface area contributed by atoms with Crippen molar-refractivity contribution < 1.29 is 14.3 Å². The number of methoxy groups -OCH3 is 2. The average molecular weight is 343 g/mol. The van der Waals surface area contributed by atoms with Gasteiger partial charge in [-0.2, -0.15) is 0 Å². The number of benzene rings is 1.